The highest BCUT2D eigenvalue weighted by Gasteiger charge is 2.19. The molecule has 0 amide bonds. The monoisotopic (exact) mass is 1030 g/mol. The fraction of sp³-hybridized carbons (Fsp3) is 0.0769. The normalized spacial score (nSPS) is 12.1. The second kappa shape index (κ2) is 22.3. The Bertz CT molecular complexity index is 4080. The molecule has 2 unspecified atom stereocenters. The predicted molar refractivity (Wildman–Crippen MR) is 341 cm³/mol. The Hall–Kier alpha value is -9.76. The van der Waals surface area contributed by atoms with Crippen LogP contribution in [0.1, 0.15) is 49.7 Å². The summed E-state index contributed by atoms with van der Waals surface area (Å²) in [6.45, 7) is 4.71. The number of para-hydroxylation sites is 1. The molecule has 13 rings (SSSR count). The molecular formula is C78H62N2. The lowest BCUT2D eigenvalue weighted by Gasteiger charge is -2.26. The van der Waals surface area contributed by atoms with E-state index in [2.05, 4.69) is 327 Å². The van der Waals surface area contributed by atoms with Crippen molar-refractivity contribution in [1.29, 1.82) is 0 Å². The maximum Gasteiger partial charge on any atom is 0.0541 e. The fourth-order valence-corrected chi connectivity index (χ4v) is 11.9. The number of benzene rings is 12. The molecule has 80 heavy (non-hydrogen) atoms. The van der Waals surface area contributed by atoms with E-state index >= 15 is 0 Å². The first kappa shape index (κ1) is 49.8. The SMILES string of the molecule is CCC(CC(C)c1ccc(-c2ccc3c(c2)c2cc(-c4ccc(-c5ccc(N(c6ccc(-c7ccccc7)cc6)c6ccc(-c7ccccc7)cc6)cc5)cc4)ccc2n3-c2ccccc2)cc1)c1ccc(-c2ccccc2)cc1. The van der Waals surface area contributed by atoms with Gasteiger partial charge in [0.15, 0.2) is 0 Å². The Morgan fingerprint density at radius 2 is 0.588 bits per heavy atom. The van der Waals surface area contributed by atoms with Crippen LogP contribution in [0.3, 0.4) is 0 Å². The third-order valence-electron chi connectivity index (χ3n) is 16.4. The topological polar surface area (TPSA) is 8.17 Å². The summed E-state index contributed by atoms with van der Waals surface area (Å²) >= 11 is 0. The van der Waals surface area contributed by atoms with Crippen molar-refractivity contribution in [3.8, 4) is 72.4 Å². The summed E-state index contributed by atoms with van der Waals surface area (Å²) in [6.07, 6.45) is 2.23. The van der Waals surface area contributed by atoms with Crippen molar-refractivity contribution in [3.63, 3.8) is 0 Å². The van der Waals surface area contributed by atoms with E-state index in [0.29, 0.717) is 11.8 Å². The van der Waals surface area contributed by atoms with Crippen molar-refractivity contribution in [1.82, 2.24) is 4.57 Å². The van der Waals surface area contributed by atoms with Crippen LogP contribution in [0.25, 0.3) is 94.3 Å². The van der Waals surface area contributed by atoms with Gasteiger partial charge in [0.05, 0.1) is 11.0 Å². The molecule has 0 saturated carbocycles. The van der Waals surface area contributed by atoms with Crippen molar-refractivity contribution in [3.05, 3.63) is 314 Å². The number of fused-ring (bicyclic) bond motifs is 3. The van der Waals surface area contributed by atoms with E-state index in [0.717, 1.165) is 35.6 Å². The summed E-state index contributed by atoms with van der Waals surface area (Å²) < 4.78 is 2.41. The Labute approximate surface area is 471 Å². The van der Waals surface area contributed by atoms with Crippen LogP contribution >= 0.6 is 0 Å². The van der Waals surface area contributed by atoms with Gasteiger partial charge in [-0.15, -0.1) is 0 Å². The Morgan fingerprint density at radius 3 is 0.950 bits per heavy atom. The van der Waals surface area contributed by atoms with E-state index in [9.17, 15) is 0 Å². The molecule has 2 atom stereocenters. The van der Waals surface area contributed by atoms with Crippen molar-refractivity contribution >= 4 is 38.9 Å². The molecule has 1 aromatic heterocycles. The summed E-state index contributed by atoms with van der Waals surface area (Å²) in [4.78, 5) is 2.35. The van der Waals surface area contributed by atoms with Crippen LogP contribution in [0, 0.1) is 0 Å². The number of hydrogen-bond donors (Lipinski definition) is 0. The molecule has 0 bridgehead atoms. The summed E-state index contributed by atoms with van der Waals surface area (Å²) in [7, 11) is 0. The number of aromatic nitrogens is 1. The number of nitrogens with zero attached hydrogens (tertiary/aromatic N) is 2. The van der Waals surface area contributed by atoms with Crippen LogP contribution < -0.4 is 4.90 Å². The van der Waals surface area contributed by atoms with Crippen LogP contribution in [0.15, 0.2) is 303 Å². The Morgan fingerprint density at radius 1 is 0.300 bits per heavy atom. The molecule has 0 saturated heterocycles. The van der Waals surface area contributed by atoms with Gasteiger partial charge in [0.25, 0.3) is 0 Å². The van der Waals surface area contributed by atoms with Gasteiger partial charge in [-0.1, -0.05) is 244 Å². The minimum Gasteiger partial charge on any atom is -0.311 e. The largest absolute Gasteiger partial charge is 0.311 e. The van der Waals surface area contributed by atoms with Gasteiger partial charge in [0.1, 0.15) is 0 Å². The van der Waals surface area contributed by atoms with Gasteiger partial charge in [-0.2, -0.15) is 0 Å². The quantitative estimate of drug-likeness (QED) is 0.0993. The van der Waals surface area contributed by atoms with Crippen LogP contribution in [0.2, 0.25) is 0 Å². The average molecular weight is 1030 g/mol. The molecule has 2 heteroatoms. The highest BCUT2D eigenvalue weighted by atomic mass is 15.1. The van der Waals surface area contributed by atoms with Gasteiger partial charge in [-0.25, -0.2) is 0 Å². The summed E-state index contributed by atoms with van der Waals surface area (Å²) in [5.41, 5.74) is 24.2. The lowest BCUT2D eigenvalue weighted by molar-refractivity contribution is 0.544. The number of hydrogen-bond acceptors (Lipinski definition) is 1. The molecule has 0 spiro atoms. The smallest absolute Gasteiger partial charge is 0.0541 e. The van der Waals surface area contributed by atoms with E-state index < -0.39 is 0 Å². The first-order valence-electron chi connectivity index (χ1n) is 28.2. The van der Waals surface area contributed by atoms with Crippen LogP contribution in [0.4, 0.5) is 17.1 Å². The number of rotatable bonds is 15. The van der Waals surface area contributed by atoms with Crippen LogP contribution in [0.5, 0.6) is 0 Å². The fourth-order valence-electron chi connectivity index (χ4n) is 11.9. The van der Waals surface area contributed by atoms with Gasteiger partial charge < -0.3 is 9.47 Å². The highest BCUT2D eigenvalue weighted by molar-refractivity contribution is 6.11. The average Bonchev–Trinajstić information content (AvgIpc) is 4.13. The molecule has 0 aliphatic rings. The molecule has 0 fully saturated rings. The van der Waals surface area contributed by atoms with Gasteiger partial charge in [-0.05, 0) is 175 Å². The summed E-state index contributed by atoms with van der Waals surface area (Å²) in [5.74, 6) is 0.936. The third kappa shape index (κ3) is 10.2. The molecular weight excluding hydrogens is 965 g/mol. The van der Waals surface area contributed by atoms with E-state index in [1.165, 1.54) is 99.7 Å². The van der Waals surface area contributed by atoms with Gasteiger partial charge in [0, 0.05) is 33.5 Å². The molecule has 12 aromatic carbocycles. The van der Waals surface area contributed by atoms with Gasteiger partial charge >= 0.3 is 0 Å². The lowest BCUT2D eigenvalue weighted by atomic mass is 9.84. The van der Waals surface area contributed by atoms with E-state index in [-0.39, 0.29) is 0 Å². The zero-order valence-corrected chi connectivity index (χ0v) is 45.3. The zero-order chi connectivity index (χ0) is 53.8. The van der Waals surface area contributed by atoms with E-state index in [1.807, 2.05) is 0 Å². The van der Waals surface area contributed by atoms with Gasteiger partial charge in [-0.3, -0.25) is 0 Å². The molecule has 0 aliphatic heterocycles. The number of anilines is 3. The van der Waals surface area contributed by atoms with E-state index in [4.69, 9.17) is 0 Å². The molecule has 384 valence electrons. The molecule has 0 N–H and O–H groups in total. The van der Waals surface area contributed by atoms with Crippen molar-refractivity contribution in [2.75, 3.05) is 4.90 Å². The van der Waals surface area contributed by atoms with E-state index in [1.54, 1.807) is 0 Å². The molecule has 2 nitrogen and oxygen atoms in total. The van der Waals surface area contributed by atoms with Crippen LogP contribution in [-0.4, -0.2) is 4.57 Å². The second-order valence-corrected chi connectivity index (χ2v) is 21.3. The third-order valence-corrected chi connectivity index (χ3v) is 16.4. The van der Waals surface area contributed by atoms with Crippen LogP contribution in [-0.2, 0) is 0 Å². The van der Waals surface area contributed by atoms with Crippen molar-refractivity contribution < 1.29 is 0 Å². The molecule has 0 radical (unpaired) electrons. The minimum absolute atomic E-state index is 0.433. The Balaban J connectivity index is 0.767. The lowest BCUT2D eigenvalue weighted by Crippen LogP contribution is -2.09. The van der Waals surface area contributed by atoms with Crippen molar-refractivity contribution in [2.24, 2.45) is 0 Å². The first-order valence-corrected chi connectivity index (χ1v) is 28.2. The van der Waals surface area contributed by atoms with Crippen molar-refractivity contribution in [2.45, 2.75) is 38.5 Å². The Kier molecular flexibility index (Phi) is 13.9. The molecule has 1 heterocycles. The maximum atomic E-state index is 2.41. The summed E-state index contributed by atoms with van der Waals surface area (Å²) in [6, 6.07) is 111. The minimum atomic E-state index is 0.433. The predicted octanol–water partition coefficient (Wildman–Crippen LogP) is 21.9. The maximum absolute atomic E-state index is 2.41. The summed E-state index contributed by atoms with van der Waals surface area (Å²) in [5, 5.41) is 2.49. The van der Waals surface area contributed by atoms with Gasteiger partial charge in [0.2, 0.25) is 0 Å². The second-order valence-electron chi connectivity index (χ2n) is 21.3. The molecule has 13 aromatic rings. The standard InChI is InChI=1S/C78H62N2/c1-3-56(61-28-30-62(31-29-61)58-16-8-4-9-17-58)52-55(2)57-24-26-67(27-25-57)69-42-50-77-75(53-69)76-54-70(43-51-78(76)80(77)71-22-14-7-15-23-71)68-34-32-63(33-35-68)66-40-48-74(49-41-66)79(72-44-36-64(37-45-72)59-18-10-5-11-19-59)73-46-38-65(39-47-73)60-20-12-6-13-21-60/h4-51,53-56H,3,52H2,1-2H3. The molecule has 0 aliphatic carbocycles. The highest BCUT2D eigenvalue weighted by Crippen LogP contribution is 2.41. The first-order chi connectivity index (χ1) is 39.5. The zero-order valence-electron chi connectivity index (χ0n) is 45.3.